The highest BCUT2D eigenvalue weighted by Crippen LogP contribution is 2.19. The number of nitrogens with one attached hydrogen (secondary N) is 2. The van der Waals surface area contributed by atoms with E-state index >= 15 is 0 Å². The van der Waals surface area contributed by atoms with Gasteiger partial charge in [-0.25, -0.2) is 9.78 Å². The van der Waals surface area contributed by atoms with Gasteiger partial charge in [0, 0.05) is 0 Å². The molecule has 1 aliphatic heterocycles. The van der Waals surface area contributed by atoms with E-state index in [1.54, 1.807) is 0 Å². The van der Waals surface area contributed by atoms with E-state index in [1.165, 1.54) is 6.07 Å². The van der Waals surface area contributed by atoms with E-state index in [9.17, 15) is 9.59 Å². The smallest absolute Gasteiger partial charge is 0.340 e. The first-order chi connectivity index (χ1) is 6.75. The number of carbonyl (C=O) groups is 1. The van der Waals surface area contributed by atoms with Crippen molar-refractivity contribution >= 4 is 17.0 Å². The first-order valence-corrected chi connectivity index (χ1v) is 4.03. The second-order valence-electron chi connectivity index (χ2n) is 3.03. The van der Waals surface area contributed by atoms with Gasteiger partial charge in [-0.1, -0.05) is 0 Å². The van der Waals surface area contributed by atoms with Gasteiger partial charge in [-0.2, -0.15) is 0 Å². The number of fused-ring (bicyclic) bond motifs is 2. The molecule has 0 aromatic carbocycles. The topological polar surface area (TPSA) is 87.8 Å². The Kier molecular flexibility index (Phi) is 1.16. The van der Waals surface area contributed by atoms with Crippen molar-refractivity contribution in [1.82, 2.24) is 15.2 Å². The zero-order valence-electron chi connectivity index (χ0n) is 6.96. The number of H-pyrrole nitrogens is 2. The highest BCUT2D eigenvalue weighted by atomic mass is 16.5. The summed E-state index contributed by atoms with van der Waals surface area (Å²) < 4.78 is 4.78. The molecule has 3 rings (SSSR count). The summed E-state index contributed by atoms with van der Waals surface area (Å²) in [5.74, 6) is -0.421. The molecule has 0 aliphatic carbocycles. The lowest BCUT2D eigenvalue weighted by atomic mass is 10.2. The lowest BCUT2D eigenvalue weighted by molar-refractivity contribution is 0.0533. The van der Waals surface area contributed by atoms with Gasteiger partial charge in [0.15, 0.2) is 5.65 Å². The van der Waals surface area contributed by atoms with Crippen LogP contribution in [0.25, 0.3) is 11.0 Å². The standard InChI is InChI=1S/C8H5N3O3/c12-7-4-1-3-5(2-14-8(3)13)9-6(4)10-11-7/h1H,2H2,(H2,9,10,11,12). The van der Waals surface area contributed by atoms with Gasteiger partial charge in [-0.3, -0.25) is 15.0 Å². The number of hydrogen-bond acceptors (Lipinski definition) is 4. The number of cyclic esters (lactones) is 1. The fourth-order valence-electron chi connectivity index (χ4n) is 1.50. The molecule has 2 aromatic rings. The van der Waals surface area contributed by atoms with E-state index in [4.69, 9.17) is 4.74 Å². The van der Waals surface area contributed by atoms with Crippen LogP contribution in [0.4, 0.5) is 0 Å². The molecule has 0 bridgehead atoms. The van der Waals surface area contributed by atoms with Gasteiger partial charge in [0.1, 0.15) is 6.61 Å². The van der Waals surface area contributed by atoms with E-state index in [0.29, 0.717) is 22.3 Å². The zero-order valence-corrected chi connectivity index (χ0v) is 6.96. The van der Waals surface area contributed by atoms with Crippen LogP contribution >= 0.6 is 0 Å². The minimum atomic E-state index is -0.421. The number of ether oxygens (including phenoxy) is 1. The van der Waals surface area contributed by atoms with E-state index < -0.39 is 5.97 Å². The molecule has 0 fully saturated rings. The largest absolute Gasteiger partial charge is 0.455 e. The Hall–Kier alpha value is -2.11. The number of aromatic nitrogens is 3. The maximum Gasteiger partial charge on any atom is 0.340 e. The molecule has 0 saturated heterocycles. The molecule has 1 aliphatic rings. The number of nitrogens with zero attached hydrogens (tertiary/aromatic N) is 1. The lowest BCUT2D eigenvalue weighted by Gasteiger charge is -1.91. The van der Waals surface area contributed by atoms with Crippen molar-refractivity contribution in [3.8, 4) is 0 Å². The molecule has 14 heavy (non-hydrogen) atoms. The van der Waals surface area contributed by atoms with Crippen LogP contribution in [0, 0.1) is 0 Å². The normalized spacial score (nSPS) is 14.4. The highest BCUT2D eigenvalue weighted by molar-refractivity contribution is 5.96. The van der Waals surface area contributed by atoms with Gasteiger partial charge >= 0.3 is 5.97 Å². The number of pyridine rings is 1. The van der Waals surface area contributed by atoms with E-state index in [-0.39, 0.29) is 12.2 Å². The SMILES string of the molecule is O=C1OCc2nc3[nH][nH]c(=O)c3cc21. The van der Waals surface area contributed by atoms with Crippen molar-refractivity contribution < 1.29 is 9.53 Å². The molecule has 0 unspecified atom stereocenters. The average molecular weight is 191 g/mol. The Balaban J connectivity index is 2.46. The number of esters is 1. The van der Waals surface area contributed by atoms with Gasteiger partial charge < -0.3 is 4.74 Å². The third-order valence-corrected chi connectivity index (χ3v) is 2.20. The van der Waals surface area contributed by atoms with Crippen LogP contribution in [-0.2, 0) is 11.3 Å². The van der Waals surface area contributed by atoms with Crippen LogP contribution in [0.15, 0.2) is 10.9 Å². The maximum absolute atomic E-state index is 11.2. The van der Waals surface area contributed by atoms with Crippen molar-refractivity contribution in [1.29, 1.82) is 0 Å². The summed E-state index contributed by atoms with van der Waals surface area (Å²) in [7, 11) is 0. The third-order valence-electron chi connectivity index (χ3n) is 2.20. The molecule has 6 nitrogen and oxygen atoms in total. The van der Waals surface area contributed by atoms with E-state index in [2.05, 4.69) is 15.2 Å². The molecule has 0 amide bonds. The molecule has 3 heterocycles. The minimum Gasteiger partial charge on any atom is -0.455 e. The second-order valence-corrected chi connectivity index (χ2v) is 3.03. The Bertz CT molecular complexity index is 595. The van der Waals surface area contributed by atoms with Crippen LogP contribution in [0.5, 0.6) is 0 Å². The lowest BCUT2D eigenvalue weighted by Crippen LogP contribution is -2.00. The summed E-state index contributed by atoms with van der Waals surface area (Å²) in [6.07, 6.45) is 0. The summed E-state index contributed by atoms with van der Waals surface area (Å²) in [5.41, 5.74) is 1.11. The summed E-state index contributed by atoms with van der Waals surface area (Å²) >= 11 is 0. The minimum absolute atomic E-state index is 0.178. The van der Waals surface area contributed by atoms with Crippen LogP contribution in [0.3, 0.4) is 0 Å². The second kappa shape index (κ2) is 2.22. The average Bonchev–Trinajstić information content (AvgIpc) is 2.71. The summed E-state index contributed by atoms with van der Waals surface area (Å²) in [4.78, 5) is 26.5. The monoisotopic (exact) mass is 191 g/mol. The first kappa shape index (κ1) is 7.31. The van der Waals surface area contributed by atoms with Crippen molar-refractivity contribution in [2.24, 2.45) is 0 Å². The van der Waals surface area contributed by atoms with Crippen molar-refractivity contribution in [3.63, 3.8) is 0 Å². The van der Waals surface area contributed by atoms with Crippen LogP contribution in [0.1, 0.15) is 16.1 Å². The van der Waals surface area contributed by atoms with E-state index in [0.717, 1.165) is 0 Å². The van der Waals surface area contributed by atoms with Crippen LogP contribution in [-0.4, -0.2) is 21.2 Å². The van der Waals surface area contributed by atoms with Gasteiger partial charge in [0.25, 0.3) is 5.56 Å². The number of hydrogen-bond donors (Lipinski definition) is 2. The van der Waals surface area contributed by atoms with Crippen LogP contribution < -0.4 is 5.56 Å². The Labute approximate surface area is 76.9 Å². The first-order valence-electron chi connectivity index (χ1n) is 4.03. The van der Waals surface area contributed by atoms with Gasteiger partial charge in [0.2, 0.25) is 0 Å². The van der Waals surface area contributed by atoms with Crippen molar-refractivity contribution in [2.45, 2.75) is 6.61 Å². The van der Waals surface area contributed by atoms with Gasteiger partial charge in [-0.05, 0) is 6.07 Å². The molecule has 70 valence electrons. The van der Waals surface area contributed by atoms with Gasteiger partial charge in [0.05, 0.1) is 16.6 Å². The quantitative estimate of drug-likeness (QED) is 0.570. The highest BCUT2D eigenvalue weighted by Gasteiger charge is 2.24. The predicted octanol–water partition coefficient (Wildman–Crippen LogP) is -0.0784. The number of rotatable bonds is 0. The third kappa shape index (κ3) is 0.769. The van der Waals surface area contributed by atoms with Crippen molar-refractivity contribution in [3.05, 3.63) is 27.7 Å². The Morgan fingerprint density at radius 1 is 1.36 bits per heavy atom. The maximum atomic E-state index is 11.2. The Morgan fingerprint density at radius 3 is 3.07 bits per heavy atom. The summed E-state index contributed by atoms with van der Waals surface area (Å²) in [6, 6.07) is 1.50. The van der Waals surface area contributed by atoms with Crippen molar-refractivity contribution in [2.75, 3.05) is 0 Å². The number of aromatic amines is 2. The fraction of sp³-hybridized carbons (Fsp3) is 0.125. The van der Waals surface area contributed by atoms with Gasteiger partial charge in [-0.15, -0.1) is 0 Å². The molecule has 0 atom stereocenters. The molecular formula is C8H5N3O3. The molecule has 0 radical (unpaired) electrons. The molecule has 2 aromatic heterocycles. The molecule has 6 heteroatoms. The fourth-order valence-corrected chi connectivity index (χ4v) is 1.50. The predicted molar refractivity (Wildman–Crippen MR) is 45.8 cm³/mol. The zero-order chi connectivity index (χ0) is 9.71. The molecule has 2 N–H and O–H groups in total. The summed E-state index contributed by atoms with van der Waals surface area (Å²) in [6.45, 7) is 0.178. The van der Waals surface area contributed by atoms with Crippen LogP contribution in [0.2, 0.25) is 0 Å². The van der Waals surface area contributed by atoms with E-state index in [1.807, 2.05) is 0 Å². The Morgan fingerprint density at radius 2 is 2.21 bits per heavy atom. The summed E-state index contributed by atoms with van der Waals surface area (Å²) in [5, 5.41) is 5.39. The number of carbonyl (C=O) groups excluding carboxylic acids is 1. The molecule has 0 spiro atoms. The molecular weight excluding hydrogens is 186 g/mol. The molecule has 0 saturated carbocycles.